The number of aryl methyl sites for hydroxylation is 1. The number of aromatic nitrogens is 4. The van der Waals surface area contributed by atoms with Gasteiger partial charge in [0.05, 0.1) is 18.8 Å². The molecule has 0 spiro atoms. The number of carbonyl (C=O) groups is 1. The highest BCUT2D eigenvalue weighted by molar-refractivity contribution is 7.09. The van der Waals surface area contributed by atoms with Crippen molar-refractivity contribution >= 4 is 17.3 Å². The maximum absolute atomic E-state index is 12.0. The van der Waals surface area contributed by atoms with E-state index in [1.165, 1.54) is 0 Å². The van der Waals surface area contributed by atoms with E-state index in [9.17, 15) is 4.79 Å². The molecule has 0 N–H and O–H groups in total. The lowest BCUT2D eigenvalue weighted by Crippen LogP contribution is -2.13. The molecule has 7 heteroatoms. The third-order valence-corrected chi connectivity index (χ3v) is 3.81. The van der Waals surface area contributed by atoms with Crippen LogP contribution in [0, 0.1) is 12.8 Å². The molecule has 2 aromatic rings. The van der Waals surface area contributed by atoms with Gasteiger partial charge >= 0.3 is 5.97 Å². The highest BCUT2D eigenvalue weighted by atomic mass is 32.1. The molecule has 2 heterocycles. The summed E-state index contributed by atoms with van der Waals surface area (Å²) >= 11 is 1.58. The molecule has 0 aromatic carbocycles. The number of esters is 1. The summed E-state index contributed by atoms with van der Waals surface area (Å²) in [6.07, 6.45) is 0.728. The van der Waals surface area contributed by atoms with Crippen molar-refractivity contribution in [2.24, 2.45) is 5.92 Å². The van der Waals surface area contributed by atoms with Crippen LogP contribution in [0.15, 0.2) is 5.38 Å². The van der Waals surface area contributed by atoms with Crippen LogP contribution in [-0.4, -0.2) is 32.6 Å². The largest absolute Gasteiger partial charge is 0.461 e. The molecule has 2 aromatic heterocycles. The molecule has 2 rings (SSSR count). The molecule has 0 unspecified atom stereocenters. The van der Waals surface area contributed by atoms with E-state index in [4.69, 9.17) is 4.74 Å². The van der Waals surface area contributed by atoms with Gasteiger partial charge in [-0.25, -0.2) is 14.5 Å². The summed E-state index contributed by atoms with van der Waals surface area (Å²) in [7, 11) is 0. The van der Waals surface area contributed by atoms with E-state index in [-0.39, 0.29) is 0 Å². The summed E-state index contributed by atoms with van der Waals surface area (Å²) in [4.78, 5) is 16.4. The topological polar surface area (TPSA) is 69.9 Å². The van der Waals surface area contributed by atoms with Gasteiger partial charge in [0.25, 0.3) is 0 Å². The second-order valence-electron chi connectivity index (χ2n) is 5.24. The first kappa shape index (κ1) is 15.6. The highest BCUT2D eigenvalue weighted by Gasteiger charge is 2.22. The lowest BCUT2D eigenvalue weighted by atomic mass is 10.1. The van der Waals surface area contributed by atoms with Crippen LogP contribution in [0.1, 0.15) is 47.7 Å². The van der Waals surface area contributed by atoms with Gasteiger partial charge < -0.3 is 4.74 Å². The quantitative estimate of drug-likeness (QED) is 0.767. The zero-order chi connectivity index (χ0) is 15.4. The summed E-state index contributed by atoms with van der Waals surface area (Å²) in [5.41, 5.74) is 2.13. The number of hydrogen-bond donors (Lipinski definition) is 0. The Labute approximate surface area is 128 Å². The first-order valence-corrected chi connectivity index (χ1v) is 7.89. The minimum atomic E-state index is -0.408. The lowest BCUT2D eigenvalue weighted by Gasteiger charge is -2.09. The van der Waals surface area contributed by atoms with E-state index in [1.54, 1.807) is 22.9 Å². The molecule has 6 nitrogen and oxygen atoms in total. The first-order valence-electron chi connectivity index (χ1n) is 7.01. The van der Waals surface area contributed by atoms with Gasteiger partial charge in [-0.1, -0.05) is 19.1 Å². The van der Waals surface area contributed by atoms with Crippen molar-refractivity contribution in [3.8, 4) is 0 Å². The monoisotopic (exact) mass is 308 g/mol. The minimum Gasteiger partial charge on any atom is -0.461 e. The molecule has 0 amide bonds. The molecule has 0 aliphatic heterocycles. The Bertz CT molecular complexity index is 618. The SMILES string of the molecule is CCOC(=O)c1nnn(Cc2nc(C)cs2)c1CC(C)C. The molecular weight excluding hydrogens is 288 g/mol. The second kappa shape index (κ2) is 6.80. The average molecular weight is 308 g/mol. The zero-order valence-electron chi connectivity index (χ0n) is 12.8. The Hall–Kier alpha value is -1.76. The van der Waals surface area contributed by atoms with Crippen molar-refractivity contribution in [2.75, 3.05) is 6.61 Å². The van der Waals surface area contributed by atoms with Gasteiger partial charge in [0.15, 0.2) is 5.69 Å². The van der Waals surface area contributed by atoms with Gasteiger partial charge in [0.2, 0.25) is 0 Å². The number of thiazole rings is 1. The van der Waals surface area contributed by atoms with Gasteiger partial charge in [-0.3, -0.25) is 0 Å². The predicted octanol–water partition coefficient (Wildman–Crippen LogP) is 2.47. The van der Waals surface area contributed by atoms with Crippen molar-refractivity contribution in [3.05, 3.63) is 27.5 Å². The summed E-state index contributed by atoms with van der Waals surface area (Å²) in [6.45, 7) is 8.80. The van der Waals surface area contributed by atoms with Crippen LogP contribution in [0.4, 0.5) is 0 Å². The smallest absolute Gasteiger partial charge is 0.360 e. The fourth-order valence-electron chi connectivity index (χ4n) is 2.01. The lowest BCUT2D eigenvalue weighted by molar-refractivity contribution is 0.0517. The predicted molar refractivity (Wildman–Crippen MR) is 80.5 cm³/mol. The van der Waals surface area contributed by atoms with E-state index in [0.717, 1.165) is 22.8 Å². The van der Waals surface area contributed by atoms with E-state index in [2.05, 4.69) is 29.1 Å². The number of ether oxygens (including phenoxy) is 1. The van der Waals surface area contributed by atoms with Crippen molar-refractivity contribution in [1.82, 2.24) is 20.0 Å². The van der Waals surface area contributed by atoms with Crippen LogP contribution in [0.2, 0.25) is 0 Å². The van der Waals surface area contributed by atoms with E-state index < -0.39 is 5.97 Å². The molecule has 0 aliphatic rings. The Kier molecular flexibility index (Phi) is 5.06. The van der Waals surface area contributed by atoms with E-state index in [1.807, 2.05) is 12.3 Å². The fraction of sp³-hybridized carbons (Fsp3) is 0.571. The third kappa shape index (κ3) is 3.87. The number of carbonyl (C=O) groups excluding carboxylic acids is 1. The number of hydrogen-bond acceptors (Lipinski definition) is 6. The summed E-state index contributed by atoms with van der Waals surface area (Å²) < 4.78 is 6.80. The van der Waals surface area contributed by atoms with Crippen molar-refractivity contribution in [1.29, 1.82) is 0 Å². The molecule has 0 saturated heterocycles. The van der Waals surface area contributed by atoms with Crippen LogP contribution in [0.3, 0.4) is 0 Å². The van der Waals surface area contributed by atoms with Gasteiger partial charge in [-0.15, -0.1) is 16.4 Å². The molecule has 21 heavy (non-hydrogen) atoms. The Balaban J connectivity index is 2.29. The molecule has 0 radical (unpaired) electrons. The maximum Gasteiger partial charge on any atom is 0.360 e. The maximum atomic E-state index is 12.0. The number of nitrogens with zero attached hydrogens (tertiary/aromatic N) is 4. The molecule has 0 bridgehead atoms. The Morgan fingerprint density at radius 2 is 2.24 bits per heavy atom. The van der Waals surface area contributed by atoms with Crippen LogP contribution in [-0.2, 0) is 17.7 Å². The normalized spacial score (nSPS) is 11.1. The van der Waals surface area contributed by atoms with Crippen molar-refractivity contribution < 1.29 is 9.53 Å². The van der Waals surface area contributed by atoms with Crippen LogP contribution in [0.25, 0.3) is 0 Å². The number of rotatable bonds is 6. The second-order valence-corrected chi connectivity index (χ2v) is 6.19. The van der Waals surface area contributed by atoms with Crippen LogP contribution < -0.4 is 0 Å². The molecule has 0 saturated carbocycles. The first-order chi connectivity index (χ1) is 10.0. The van der Waals surface area contributed by atoms with Gasteiger partial charge in [-0.2, -0.15) is 0 Å². The Morgan fingerprint density at radius 3 is 2.81 bits per heavy atom. The molecule has 114 valence electrons. The van der Waals surface area contributed by atoms with Crippen molar-refractivity contribution in [3.63, 3.8) is 0 Å². The van der Waals surface area contributed by atoms with Crippen molar-refractivity contribution in [2.45, 2.75) is 40.7 Å². The van der Waals surface area contributed by atoms with Crippen LogP contribution >= 0.6 is 11.3 Å². The molecule has 0 fully saturated rings. The molecule has 0 atom stereocenters. The van der Waals surface area contributed by atoms with E-state index in [0.29, 0.717) is 24.8 Å². The summed E-state index contributed by atoms with van der Waals surface area (Å²) in [5.74, 6) is -0.0109. The van der Waals surface area contributed by atoms with Gasteiger partial charge in [-0.05, 0) is 26.2 Å². The summed E-state index contributed by atoms with van der Waals surface area (Å²) in [5, 5.41) is 11.1. The standard InChI is InChI=1S/C14H20N4O2S/c1-5-20-14(19)13-11(6-9(2)3)18(17-16-13)7-12-15-10(4)8-21-12/h8-9H,5-7H2,1-4H3. The van der Waals surface area contributed by atoms with E-state index >= 15 is 0 Å². The molecular formula is C14H20N4O2S. The summed E-state index contributed by atoms with van der Waals surface area (Å²) in [6, 6.07) is 0. The Morgan fingerprint density at radius 1 is 1.48 bits per heavy atom. The zero-order valence-corrected chi connectivity index (χ0v) is 13.6. The van der Waals surface area contributed by atoms with Gasteiger partial charge in [0, 0.05) is 11.1 Å². The minimum absolute atomic E-state index is 0.318. The average Bonchev–Trinajstić information content (AvgIpc) is 2.97. The van der Waals surface area contributed by atoms with Crippen LogP contribution in [0.5, 0.6) is 0 Å². The fourth-order valence-corrected chi connectivity index (χ4v) is 2.76. The molecule has 0 aliphatic carbocycles. The van der Waals surface area contributed by atoms with Gasteiger partial charge in [0.1, 0.15) is 5.01 Å². The highest BCUT2D eigenvalue weighted by Crippen LogP contribution is 2.16. The third-order valence-electron chi connectivity index (χ3n) is 2.86.